The fourth-order valence-electron chi connectivity index (χ4n) is 2.41. The number of thioether (sulfide) groups is 1. The van der Waals surface area contributed by atoms with E-state index in [9.17, 15) is 9.90 Å². The van der Waals surface area contributed by atoms with Gasteiger partial charge < -0.3 is 10.4 Å². The van der Waals surface area contributed by atoms with E-state index in [1.165, 1.54) is 10.5 Å². The lowest BCUT2D eigenvalue weighted by molar-refractivity contribution is -0.144. The van der Waals surface area contributed by atoms with Crippen molar-refractivity contribution in [1.29, 1.82) is 0 Å². The minimum absolute atomic E-state index is 0.232. The number of likely N-dealkylation sites (N-methyl/N-ethyl adjacent to an activating group) is 1. The summed E-state index contributed by atoms with van der Waals surface area (Å²) in [6.45, 7) is 10.8. The molecule has 0 aliphatic heterocycles. The van der Waals surface area contributed by atoms with Crippen LogP contribution in [0.15, 0.2) is 29.2 Å². The summed E-state index contributed by atoms with van der Waals surface area (Å²) in [4.78, 5) is 12.6. The molecule has 21 heavy (non-hydrogen) atoms. The average Bonchev–Trinajstić information content (AvgIpc) is 2.39. The number of carboxylic acids is 1. The smallest absolute Gasteiger partial charge is 0.323 e. The van der Waals surface area contributed by atoms with E-state index < -0.39 is 11.5 Å². The number of carbonyl (C=O) groups is 1. The summed E-state index contributed by atoms with van der Waals surface area (Å²) in [5, 5.41) is 12.7. The van der Waals surface area contributed by atoms with Gasteiger partial charge in [-0.2, -0.15) is 0 Å². The van der Waals surface area contributed by atoms with Crippen LogP contribution in [0, 0.1) is 0 Å². The lowest BCUT2D eigenvalue weighted by atomic mass is 9.96. The Hall–Kier alpha value is -1.00. The Kier molecular flexibility index (Phi) is 6.75. The third kappa shape index (κ3) is 5.36. The highest BCUT2D eigenvalue weighted by Crippen LogP contribution is 2.30. The van der Waals surface area contributed by atoms with Crippen molar-refractivity contribution in [2.24, 2.45) is 0 Å². The lowest BCUT2D eigenvalue weighted by Crippen LogP contribution is -2.50. The van der Waals surface area contributed by atoms with Crippen molar-refractivity contribution in [3.63, 3.8) is 0 Å². The van der Waals surface area contributed by atoms with Gasteiger partial charge in [0, 0.05) is 10.1 Å². The SMILES string of the molecule is CCNC(C)(CC(C)Sc1ccc(C(C)C)cc1)C(=O)O. The van der Waals surface area contributed by atoms with Crippen molar-refractivity contribution in [3.05, 3.63) is 29.8 Å². The van der Waals surface area contributed by atoms with Gasteiger partial charge >= 0.3 is 5.97 Å². The van der Waals surface area contributed by atoms with Crippen molar-refractivity contribution >= 4 is 17.7 Å². The molecule has 1 aromatic carbocycles. The molecule has 0 saturated heterocycles. The minimum Gasteiger partial charge on any atom is -0.480 e. The molecular formula is C17H27NO2S. The third-order valence-electron chi connectivity index (χ3n) is 3.62. The van der Waals surface area contributed by atoms with Gasteiger partial charge in [0.2, 0.25) is 0 Å². The van der Waals surface area contributed by atoms with Gasteiger partial charge in [-0.15, -0.1) is 11.8 Å². The highest BCUT2D eigenvalue weighted by Gasteiger charge is 2.33. The minimum atomic E-state index is -0.862. The van der Waals surface area contributed by atoms with E-state index in [1.807, 2.05) is 6.92 Å². The summed E-state index contributed by atoms with van der Waals surface area (Å²) in [7, 11) is 0. The molecule has 0 aliphatic rings. The van der Waals surface area contributed by atoms with Crippen LogP contribution in [0.5, 0.6) is 0 Å². The van der Waals surface area contributed by atoms with E-state index in [0.29, 0.717) is 18.9 Å². The van der Waals surface area contributed by atoms with Crippen molar-refractivity contribution < 1.29 is 9.90 Å². The second-order valence-electron chi connectivity index (χ2n) is 6.02. The predicted octanol–water partition coefficient (Wildman–Crippen LogP) is 4.13. The summed E-state index contributed by atoms with van der Waals surface area (Å²) < 4.78 is 0. The molecule has 2 atom stereocenters. The van der Waals surface area contributed by atoms with Crippen LogP contribution in [0.4, 0.5) is 0 Å². The first kappa shape index (κ1) is 18.1. The number of hydrogen-bond acceptors (Lipinski definition) is 3. The molecule has 4 heteroatoms. The highest BCUT2D eigenvalue weighted by molar-refractivity contribution is 7.99. The molecule has 2 N–H and O–H groups in total. The molecule has 0 amide bonds. The maximum absolute atomic E-state index is 11.4. The zero-order valence-corrected chi connectivity index (χ0v) is 14.5. The van der Waals surface area contributed by atoms with Gasteiger partial charge in [0.15, 0.2) is 0 Å². The summed E-state index contributed by atoms with van der Waals surface area (Å²) >= 11 is 1.73. The van der Waals surface area contributed by atoms with Crippen LogP contribution in [-0.4, -0.2) is 28.4 Å². The maximum atomic E-state index is 11.4. The fourth-order valence-corrected chi connectivity index (χ4v) is 3.58. The molecule has 0 fully saturated rings. The molecule has 0 spiro atoms. The Morgan fingerprint density at radius 1 is 1.29 bits per heavy atom. The summed E-state index contributed by atoms with van der Waals surface area (Å²) in [5.41, 5.74) is 0.467. The predicted molar refractivity (Wildman–Crippen MR) is 90.2 cm³/mol. The Bertz CT molecular complexity index is 458. The molecule has 0 aromatic heterocycles. The molecular weight excluding hydrogens is 282 g/mol. The molecule has 0 heterocycles. The van der Waals surface area contributed by atoms with Crippen LogP contribution >= 0.6 is 11.8 Å². The first-order valence-electron chi connectivity index (χ1n) is 7.53. The largest absolute Gasteiger partial charge is 0.480 e. The average molecular weight is 309 g/mol. The van der Waals surface area contributed by atoms with Crippen LogP contribution in [0.1, 0.15) is 52.5 Å². The van der Waals surface area contributed by atoms with Crippen molar-refractivity contribution in [2.45, 2.75) is 62.6 Å². The van der Waals surface area contributed by atoms with Gasteiger partial charge in [-0.1, -0.05) is 39.8 Å². The van der Waals surface area contributed by atoms with Crippen LogP contribution in [0.2, 0.25) is 0 Å². The summed E-state index contributed by atoms with van der Waals surface area (Å²) in [6, 6.07) is 8.56. The van der Waals surface area contributed by atoms with Crippen molar-refractivity contribution in [2.75, 3.05) is 6.54 Å². The van der Waals surface area contributed by atoms with E-state index in [1.54, 1.807) is 18.7 Å². The number of hydrogen-bond donors (Lipinski definition) is 2. The molecule has 0 aliphatic carbocycles. The van der Waals surface area contributed by atoms with Crippen LogP contribution in [0.3, 0.4) is 0 Å². The number of benzene rings is 1. The zero-order valence-electron chi connectivity index (χ0n) is 13.6. The molecule has 3 nitrogen and oxygen atoms in total. The molecule has 2 unspecified atom stereocenters. The molecule has 118 valence electrons. The van der Waals surface area contributed by atoms with Crippen molar-refractivity contribution in [1.82, 2.24) is 5.32 Å². The van der Waals surface area contributed by atoms with Gasteiger partial charge in [0.25, 0.3) is 0 Å². The Balaban J connectivity index is 2.67. The molecule has 0 saturated carbocycles. The van der Waals surface area contributed by atoms with Crippen LogP contribution in [0.25, 0.3) is 0 Å². The standard InChI is InChI=1S/C17H27NO2S/c1-6-18-17(5,16(19)20)11-13(4)21-15-9-7-14(8-10-15)12(2)3/h7-10,12-13,18H,6,11H2,1-5H3,(H,19,20). The Morgan fingerprint density at radius 3 is 2.29 bits per heavy atom. The summed E-state index contributed by atoms with van der Waals surface area (Å²) in [5.74, 6) is -0.252. The van der Waals surface area contributed by atoms with E-state index in [2.05, 4.69) is 50.4 Å². The highest BCUT2D eigenvalue weighted by atomic mass is 32.2. The Morgan fingerprint density at radius 2 is 1.86 bits per heavy atom. The van der Waals surface area contributed by atoms with Gasteiger partial charge in [-0.25, -0.2) is 0 Å². The fraction of sp³-hybridized carbons (Fsp3) is 0.588. The number of nitrogens with one attached hydrogen (secondary N) is 1. The van der Waals surface area contributed by atoms with Gasteiger partial charge in [0.05, 0.1) is 0 Å². The molecule has 0 radical (unpaired) electrons. The zero-order chi connectivity index (χ0) is 16.0. The topological polar surface area (TPSA) is 49.3 Å². The monoisotopic (exact) mass is 309 g/mol. The van der Waals surface area contributed by atoms with Gasteiger partial charge in [-0.3, -0.25) is 4.79 Å². The quantitative estimate of drug-likeness (QED) is 0.709. The number of rotatable bonds is 8. The second kappa shape index (κ2) is 7.85. The van der Waals surface area contributed by atoms with Gasteiger partial charge in [0.1, 0.15) is 5.54 Å². The first-order chi connectivity index (χ1) is 9.78. The lowest BCUT2D eigenvalue weighted by Gasteiger charge is -2.28. The Labute approximate surface area is 132 Å². The maximum Gasteiger partial charge on any atom is 0.323 e. The molecule has 1 aromatic rings. The van der Waals surface area contributed by atoms with Crippen LogP contribution in [-0.2, 0) is 4.79 Å². The normalized spacial score (nSPS) is 15.7. The molecule has 0 bridgehead atoms. The number of aliphatic carboxylic acids is 1. The van der Waals surface area contributed by atoms with Crippen LogP contribution < -0.4 is 5.32 Å². The summed E-state index contributed by atoms with van der Waals surface area (Å²) in [6.07, 6.45) is 0.590. The van der Waals surface area contributed by atoms with Gasteiger partial charge in [-0.05, 0) is 43.5 Å². The van der Waals surface area contributed by atoms with E-state index in [-0.39, 0.29) is 5.25 Å². The third-order valence-corrected chi connectivity index (χ3v) is 4.73. The number of carboxylic acid groups (broad SMARTS) is 1. The first-order valence-corrected chi connectivity index (χ1v) is 8.41. The second-order valence-corrected chi connectivity index (χ2v) is 7.54. The van der Waals surface area contributed by atoms with E-state index in [4.69, 9.17) is 0 Å². The van der Waals surface area contributed by atoms with E-state index in [0.717, 1.165) is 0 Å². The van der Waals surface area contributed by atoms with Crippen molar-refractivity contribution in [3.8, 4) is 0 Å². The van der Waals surface area contributed by atoms with E-state index >= 15 is 0 Å². The molecule has 1 rings (SSSR count).